The van der Waals surface area contributed by atoms with Crippen LogP contribution in [0.1, 0.15) is 31.5 Å². The van der Waals surface area contributed by atoms with Gasteiger partial charge in [0.2, 0.25) is 5.89 Å². The summed E-state index contributed by atoms with van der Waals surface area (Å²) in [7, 11) is 0. The zero-order valence-electron chi connectivity index (χ0n) is 10.1. The van der Waals surface area contributed by atoms with Crippen molar-refractivity contribution in [3.63, 3.8) is 0 Å². The normalized spacial score (nSPS) is 26.0. The first-order valence-corrected chi connectivity index (χ1v) is 5.74. The lowest BCUT2D eigenvalue weighted by Gasteiger charge is -2.36. The van der Waals surface area contributed by atoms with Crippen LogP contribution in [0.3, 0.4) is 0 Å². The number of hydrogen-bond donors (Lipinski definition) is 1. The van der Waals surface area contributed by atoms with Crippen LogP contribution in [0.4, 0.5) is 0 Å². The Balaban J connectivity index is 2.00. The molecule has 0 radical (unpaired) electrons. The Morgan fingerprint density at radius 3 is 3.00 bits per heavy atom. The van der Waals surface area contributed by atoms with E-state index in [0.717, 1.165) is 19.4 Å². The van der Waals surface area contributed by atoms with E-state index >= 15 is 0 Å². The van der Waals surface area contributed by atoms with Crippen LogP contribution < -0.4 is 0 Å². The van der Waals surface area contributed by atoms with Crippen molar-refractivity contribution in [1.82, 2.24) is 15.0 Å². The van der Waals surface area contributed by atoms with E-state index < -0.39 is 11.4 Å². The Labute approximate surface area is 99.6 Å². The molecule has 1 saturated heterocycles. The summed E-state index contributed by atoms with van der Waals surface area (Å²) >= 11 is 0. The molecule has 0 aromatic carbocycles. The average Bonchev–Trinajstić information content (AvgIpc) is 2.64. The van der Waals surface area contributed by atoms with E-state index in [9.17, 15) is 9.90 Å². The van der Waals surface area contributed by atoms with Gasteiger partial charge < -0.3 is 9.63 Å². The third-order valence-corrected chi connectivity index (χ3v) is 3.22. The molecule has 1 aliphatic heterocycles. The van der Waals surface area contributed by atoms with Gasteiger partial charge in [0, 0.05) is 6.54 Å². The van der Waals surface area contributed by atoms with Crippen molar-refractivity contribution < 1.29 is 14.4 Å². The molecular weight excluding hydrogens is 222 g/mol. The predicted octanol–water partition coefficient (Wildman–Crippen LogP) is 1.06. The fourth-order valence-electron chi connectivity index (χ4n) is 2.25. The van der Waals surface area contributed by atoms with Crippen molar-refractivity contribution in [3.05, 3.63) is 11.7 Å². The summed E-state index contributed by atoms with van der Waals surface area (Å²) < 4.78 is 5.05. The summed E-state index contributed by atoms with van der Waals surface area (Å²) in [5, 5.41) is 12.9. The molecule has 0 bridgehead atoms. The molecule has 0 aliphatic carbocycles. The summed E-state index contributed by atoms with van der Waals surface area (Å²) in [6.07, 6.45) is 1.61. The lowest BCUT2D eigenvalue weighted by molar-refractivity contribution is -0.151. The smallest absolute Gasteiger partial charge is 0.310 e. The van der Waals surface area contributed by atoms with E-state index in [-0.39, 0.29) is 0 Å². The number of rotatable bonds is 3. The first-order chi connectivity index (χ1) is 7.99. The minimum absolute atomic E-state index is 0.531. The fraction of sp³-hybridized carbons (Fsp3) is 0.727. The number of likely N-dealkylation sites (tertiary alicyclic amines) is 1. The van der Waals surface area contributed by atoms with Gasteiger partial charge in [-0.2, -0.15) is 4.98 Å². The standard InChI is InChI=1S/C11H17N3O3/c1-8-12-9(17-13-8)6-14-5-3-4-11(2,7-14)10(15)16/h3-7H2,1-2H3,(H,15,16). The van der Waals surface area contributed by atoms with E-state index in [2.05, 4.69) is 15.0 Å². The molecule has 1 aliphatic rings. The highest BCUT2D eigenvalue weighted by Crippen LogP contribution is 2.30. The summed E-state index contributed by atoms with van der Waals surface area (Å²) in [4.78, 5) is 17.4. The number of aryl methyl sites for hydroxylation is 1. The Hall–Kier alpha value is -1.43. The maximum Gasteiger partial charge on any atom is 0.310 e. The topological polar surface area (TPSA) is 79.5 Å². The molecule has 6 heteroatoms. The maximum atomic E-state index is 11.2. The van der Waals surface area contributed by atoms with Crippen molar-refractivity contribution in [2.75, 3.05) is 13.1 Å². The molecule has 1 N–H and O–H groups in total. The predicted molar refractivity (Wildman–Crippen MR) is 59.3 cm³/mol. The largest absolute Gasteiger partial charge is 0.481 e. The molecule has 94 valence electrons. The molecule has 6 nitrogen and oxygen atoms in total. The molecule has 1 unspecified atom stereocenters. The number of nitrogens with zero attached hydrogens (tertiary/aromatic N) is 3. The van der Waals surface area contributed by atoms with Crippen molar-refractivity contribution in [1.29, 1.82) is 0 Å². The van der Waals surface area contributed by atoms with Gasteiger partial charge in [-0.05, 0) is 33.2 Å². The van der Waals surface area contributed by atoms with E-state index in [1.807, 2.05) is 0 Å². The number of aliphatic carboxylic acids is 1. The molecular formula is C11H17N3O3. The van der Waals surface area contributed by atoms with Crippen LogP contribution in [0.15, 0.2) is 4.52 Å². The van der Waals surface area contributed by atoms with E-state index in [1.54, 1.807) is 13.8 Å². The number of piperidine rings is 1. The third kappa shape index (κ3) is 2.63. The number of carboxylic acids is 1. The first-order valence-electron chi connectivity index (χ1n) is 5.74. The van der Waals surface area contributed by atoms with Crippen LogP contribution >= 0.6 is 0 Å². The van der Waals surface area contributed by atoms with Crippen LogP contribution in [-0.2, 0) is 11.3 Å². The highest BCUT2D eigenvalue weighted by atomic mass is 16.5. The Morgan fingerprint density at radius 2 is 2.41 bits per heavy atom. The average molecular weight is 239 g/mol. The molecule has 1 aromatic rings. The summed E-state index contributed by atoms with van der Waals surface area (Å²) in [6.45, 7) is 5.50. The number of hydrogen-bond acceptors (Lipinski definition) is 5. The van der Waals surface area contributed by atoms with Gasteiger partial charge in [0.15, 0.2) is 5.82 Å². The molecule has 17 heavy (non-hydrogen) atoms. The van der Waals surface area contributed by atoms with Crippen molar-refractivity contribution in [2.45, 2.75) is 33.2 Å². The summed E-state index contributed by atoms with van der Waals surface area (Å²) in [5.41, 5.74) is -0.659. The number of carboxylic acid groups (broad SMARTS) is 1. The molecule has 1 aromatic heterocycles. The Morgan fingerprint density at radius 1 is 1.65 bits per heavy atom. The summed E-state index contributed by atoms with van der Waals surface area (Å²) in [6, 6.07) is 0. The summed E-state index contributed by atoms with van der Waals surface area (Å²) in [5.74, 6) is 0.430. The highest BCUT2D eigenvalue weighted by molar-refractivity contribution is 5.74. The van der Waals surface area contributed by atoms with E-state index in [1.165, 1.54) is 0 Å². The minimum Gasteiger partial charge on any atom is -0.481 e. The highest BCUT2D eigenvalue weighted by Gasteiger charge is 2.38. The van der Waals surface area contributed by atoms with Crippen LogP contribution in [0.5, 0.6) is 0 Å². The second-order valence-electron chi connectivity index (χ2n) is 4.92. The molecule has 0 amide bonds. The zero-order chi connectivity index (χ0) is 12.5. The van der Waals surface area contributed by atoms with Gasteiger partial charge in [-0.3, -0.25) is 9.69 Å². The van der Waals surface area contributed by atoms with Gasteiger partial charge in [-0.1, -0.05) is 5.16 Å². The van der Waals surface area contributed by atoms with Crippen LogP contribution in [-0.4, -0.2) is 39.2 Å². The SMILES string of the molecule is Cc1noc(CN2CCCC(C)(C(=O)O)C2)n1. The van der Waals surface area contributed by atoms with Gasteiger partial charge in [0.1, 0.15) is 0 Å². The fourth-order valence-corrected chi connectivity index (χ4v) is 2.25. The van der Waals surface area contributed by atoms with Crippen LogP contribution in [0.2, 0.25) is 0 Å². The maximum absolute atomic E-state index is 11.2. The van der Waals surface area contributed by atoms with E-state index in [4.69, 9.17) is 4.52 Å². The number of aromatic nitrogens is 2. The lowest BCUT2D eigenvalue weighted by Crippen LogP contribution is -2.45. The quantitative estimate of drug-likeness (QED) is 0.849. The lowest BCUT2D eigenvalue weighted by atomic mass is 9.82. The number of carbonyl (C=O) groups is 1. The Kier molecular flexibility index (Phi) is 3.15. The van der Waals surface area contributed by atoms with Crippen molar-refractivity contribution in [2.24, 2.45) is 5.41 Å². The van der Waals surface area contributed by atoms with Gasteiger partial charge >= 0.3 is 5.97 Å². The molecule has 2 heterocycles. The van der Waals surface area contributed by atoms with Crippen LogP contribution in [0.25, 0.3) is 0 Å². The van der Waals surface area contributed by atoms with Crippen molar-refractivity contribution in [3.8, 4) is 0 Å². The zero-order valence-corrected chi connectivity index (χ0v) is 10.1. The van der Waals surface area contributed by atoms with E-state index in [0.29, 0.717) is 24.8 Å². The second kappa shape index (κ2) is 4.44. The minimum atomic E-state index is -0.732. The molecule has 0 saturated carbocycles. The van der Waals surface area contributed by atoms with Crippen molar-refractivity contribution >= 4 is 5.97 Å². The molecule has 2 rings (SSSR count). The second-order valence-corrected chi connectivity index (χ2v) is 4.92. The molecule has 1 atom stereocenters. The third-order valence-electron chi connectivity index (χ3n) is 3.22. The first kappa shape index (κ1) is 12.0. The van der Waals surface area contributed by atoms with Gasteiger partial charge in [0.05, 0.1) is 12.0 Å². The van der Waals surface area contributed by atoms with Gasteiger partial charge in [-0.25, -0.2) is 0 Å². The molecule has 0 spiro atoms. The van der Waals surface area contributed by atoms with Gasteiger partial charge in [0.25, 0.3) is 0 Å². The Bertz CT molecular complexity index is 418. The molecule has 1 fully saturated rings. The van der Waals surface area contributed by atoms with Crippen LogP contribution in [0, 0.1) is 12.3 Å². The van der Waals surface area contributed by atoms with Gasteiger partial charge in [-0.15, -0.1) is 0 Å². The monoisotopic (exact) mass is 239 g/mol.